The first-order valence-corrected chi connectivity index (χ1v) is 9.24. The number of carbonyl (C=O) groups excluding carboxylic acids is 3. The molecule has 0 aromatic heterocycles. The molecule has 0 spiro atoms. The Balaban J connectivity index is 1.79. The zero-order chi connectivity index (χ0) is 18.3. The fourth-order valence-electron chi connectivity index (χ4n) is 4.90. The lowest BCUT2D eigenvalue weighted by molar-refractivity contribution is -0.143. The van der Waals surface area contributed by atoms with Gasteiger partial charge in [-0.1, -0.05) is 67.6 Å². The highest BCUT2D eigenvalue weighted by molar-refractivity contribution is 6.09. The Bertz CT molecular complexity index is 856. The van der Waals surface area contributed by atoms with Crippen molar-refractivity contribution in [3.63, 3.8) is 0 Å². The van der Waals surface area contributed by atoms with Crippen LogP contribution in [0.25, 0.3) is 0 Å². The van der Waals surface area contributed by atoms with Gasteiger partial charge in [-0.15, -0.1) is 0 Å². The van der Waals surface area contributed by atoms with Gasteiger partial charge in [-0.3, -0.25) is 14.4 Å². The maximum atomic E-state index is 13.4. The van der Waals surface area contributed by atoms with Crippen LogP contribution < -0.4 is 0 Å². The molecule has 3 aliphatic rings. The quantitative estimate of drug-likeness (QED) is 0.772. The fourth-order valence-corrected chi connectivity index (χ4v) is 4.90. The first-order chi connectivity index (χ1) is 12.5. The Kier molecular flexibility index (Phi) is 4.10. The second-order valence-corrected chi connectivity index (χ2v) is 7.81. The van der Waals surface area contributed by atoms with Crippen LogP contribution in [-0.2, 0) is 4.79 Å². The van der Waals surface area contributed by atoms with Crippen molar-refractivity contribution in [3.05, 3.63) is 71.8 Å². The largest absolute Gasteiger partial charge is 0.299 e. The van der Waals surface area contributed by atoms with Crippen LogP contribution in [0.3, 0.4) is 0 Å². The molecule has 0 saturated heterocycles. The summed E-state index contributed by atoms with van der Waals surface area (Å²) in [5.74, 6) is -0.947. The van der Waals surface area contributed by atoms with Crippen molar-refractivity contribution in [2.24, 2.45) is 23.2 Å². The van der Waals surface area contributed by atoms with E-state index in [1.54, 1.807) is 24.3 Å². The number of hydrogen-bond donors (Lipinski definition) is 0. The highest BCUT2D eigenvalue weighted by Gasteiger charge is 2.60. The molecule has 3 aliphatic carbocycles. The summed E-state index contributed by atoms with van der Waals surface area (Å²) in [5.41, 5.74) is 0.480. The van der Waals surface area contributed by atoms with Crippen LogP contribution in [0.1, 0.15) is 46.9 Å². The molecule has 26 heavy (non-hydrogen) atoms. The monoisotopic (exact) mass is 346 g/mol. The summed E-state index contributed by atoms with van der Waals surface area (Å²) in [7, 11) is 0. The topological polar surface area (TPSA) is 51.2 Å². The van der Waals surface area contributed by atoms with Crippen LogP contribution in [0, 0.1) is 23.2 Å². The third kappa shape index (κ3) is 2.54. The fraction of sp³-hybridized carbons (Fsp3) is 0.348. The van der Waals surface area contributed by atoms with E-state index in [2.05, 4.69) is 0 Å². The molecule has 2 bridgehead atoms. The van der Waals surface area contributed by atoms with Gasteiger partial charge in [0, 0.05) is 34.8 Å². The zero-order valence-electron chi connectivity index (χ0n) is 14.9. The molecule has 0 radical (unpaired) electrons. The number of Topliss-reactive ketones (excluding diaryl/α,β-unsaturated/α-hetero) is 3. The molecule has 3 saturated carbocycles. The van der Waals surface area contributed by atoms with Crippen molar-refractivity contribution in [3.8, 4) is 0 Å². The summed E-state index contributed by atoms with van der Waals surface area (Å²) in [6.45, 7) is 1.89. The van der Waals surface area contributed by atoms with E-state index < -0.39 is 17.3 Å². The molecule has 4 atom stereocenters. The lowest BCUT2D eigenvalue weighted by atomic mass is 9.48. The summed E-state index contributed by atoms with van der Waals surface area (Å²) in [6, 6.07) is 18.2. The van der Waals surface area contributed by atoms with Crippen molar-refractivity contribution in [1.82, 2.24) is 0 Å². The van der Waals surface area contributed by atoms with Gasteiger partial charge in [0.1, 0.15) is 5.78 Å². The molecule has 0 N–H and O–H groups in total. The second kappa shape index (κ2) is 6.31. The Morgan fingerprint density at radius 3 is 1.96 bits per heavy atom. The smallest absolute Gasteiger partial charge is 0.167 e. The third-order valence-corrected chi connectivity index (χ3v) is 6.37. The number of hydrogen-bond acceptors (Lipinski definition) is 3. The van der Waals surface area contributed by atoms with Gasteiger partial charge in [0.05, 0.1) is 0 Å². The number of rotatable bonds is 4. The van der Waals surface area contributed by atoms with Gasteiger partial charge in [-0.05, 0) is 18.8 Å². The molecule has 3 heteroatoms. The van der Waals surface area contributed by atoms with Crippen molar-refractivity contribution in [2.75, 3.05) is 0 Å². The summed E-state index contributed by atoms with van der Waals surface area (Å²) in [5, 5.41) is 0. The Labute approximate surface area is 153 Å². The van der Waals surface area contributed by atoms with Crippen molar-refractivity contribution < 1.29 is 14.4 Å². The Hall–Kier alpha value is -2.55. The molecule has 0 unspecified atom stereocenters. The van der Waals surface area contributed by atoms with E-state index in [4.69, 9.17) is 0 Å². The molecule has 5 rings (SSSR count). The van der Waals surface area contributed by atoms with Crippen LogP contribution >= 0.6 is 0 Å². The molecule has 132 valence electrons. The van der Waals surface area contributed by atoms with E-state index >= 15 is 0 Å². The standard InChI is InChI=1S/C23H22O3/c1-23-13-12-17(14-18(23)24)19(21(25)15-8-4-2-5-9-15)20(23)22(26)16-10-6-3-7-11-16/h2-11,17,19-20H,12-14H2,1H3/t17-,19-,20-,23+/m1/s1. The molecule has 2 aromatic rings. The molecule has 2 aromatic carbocycles. The lowest BCUT2D eigenvalue weighted by Gasteiger charge is -2.52. The minimum Gasteiger partial charge on any atom is -0.299 e. The first-order valence-electron chi connectivity index (χ1n) is 9.24. The summed E-state index contributed by atoms with van der Waals surface area (Å²) >= 11 is 0. The predicted molar refractivity (Wildman–Crippen MR) is 99.0 cm³/mol. The van der Waals surface area contributed by atoms with Gasteiger partial charge < -0.3 is 0 Å². The van der Waals surface area contributed by atoms with E-state index in [1.165, 1.54) is 0 Å². The molecule has 3 fully saturated rings. The van der Waals surface area contributed by atoms with E-state index in [0.29, 0.717) is 24.0 Å². The summed E-state index contributed by atoms with van der Waals surface area (Å²) < 4.78 is 0. The molecule has 0 heterocycles. The van der Waals surface area contributed by atoms with Crippen LogP contribution in [0.15, 0.2) is 60.7 Å². The van der Waals surface area contributed by atoms with Crippen LogP contribution in [-0.4, -0.2) is 17.3 Å². The minimum absolute atomic E-state index is 0.00306. The van der Waals surface area contributed by atoms with Gasteiger partial charge in [0.25, 0.3) is 0 Å². The van der Waals surface area contributed by atoms with Crippen LogP contribution in [0.5, 0.6) is 0 Å². The molecule has 0 aliphatic heterocycles. The van der Waals surface area contributed by atoms with E-state index in [1.807, 2.05) is 43.3 Å². The van der Waals surface area contributed by atoms with Gasteiger partial charge in [0.15, 0.2) is 11.6 Å². The van der Waals surface area contributed by atoms with Crippen molar-refractivity contribution in [2.45, 2.75) is 26.2 Å². The zero-order valence-corrected chi connectivity index (χ0v) is 14.9. The Morgan fingerprint density at radius 2 is 1.42 bits per heavy atom. The number of ketones is 3. The average molecular weight is 346 g/mol. The van der Waals surface area contributed by atoms with Crippen molar-refractivity contribution in [1.29, 1.82) is 0 Å². The van der Waals surface area contributed by atoms with Gasteiger partial charge in [-0.2, -0.15) is 0 Å². The van der Waals surface area contributed by atoms with E-state index in [0.717, 1.165) is 6.42 Å². The average Bonchev–Trinajstić information content (AvgIpc) is 2.68. The second-order valence-electron chi connectivity index (χ2n) is 7.81. The first kappa shape index (κ1) is 16.9. The highest BCUT2D eigenvalue weighted by atomic mass is 16.1. The molecular formula is C23H22O3. The van der Waals surface area contributed by atoms with E-state index in [-0.39, 0.29) is 23.3 Å². The maximum Gasteiger partial charge on any atom is 0.167 e. The van der Waals surface area contributed by atoms with Crippen molar-refractivity contribution >= 4 is 17.3 Å². The summed E-state index contributed by atoms with van der Waals surface area (Å²) in [4.78, 5) is 39.5. The predicted octanol–water partition coefficient (Wildman–Crippen LogP) is 4.37. The molecular weight excluding hydrogens is 324 g/mol. The Morgan fingerprint density at radius 1 is 0.885 bits per heavy atom. The number of fused-ring (bicyclic) bond motifs is 3. The third-order valence-electron chi connectivity index (χ3n) is 6.37. The molecule has 0 amide bonds. The van der Waals surface area contributed by atoms with Gasteiger partial charge in [-0.25, -0.2) is 0 Å². The minimum atomic E-state index is -0.739. The van der Waals surface area contributed by atoms with Gasteiger partial charge in [0.2, 0.25) is 0 Å². The van der Waals surface area contributed by atoms with E-state index in [9.17, 15) is 14.4 Å². The van der Waals surface area contributed by atoms with Crippen LogP contribution in [0.4, 0.5) is 0 Å². The SMILES string of the molecule is C[C@]12CC[C@H](CC1=O)[C@@H](C(=O)c1ccccc1)[C@@H]2C(=O)c1ccccc1. The molecule has 3 nitrogen and oxygen atoms in total. The number of benzene rings is 2. The number of carbonyl (C=O) groups is 3. The lowest BCUT2D eigenvalue weighted by Crippen LogP contribution is -2.57. The van der Waals surface area contributed by atoms with Gasteiger partial charge >= 0.3 is 0 Å². The highest BCUT2D eigenvalue weighted by Crippen LogP contribution is 2.56. The van der Waals surface area contributed by atoms with Crippen LogP contribution in [0.2, 0.25) is 0 Å². The summed E-state index contributed by atoms with van der Waals surface area (Å²) in [6.07, 6.45) is 1.95. The normalized spacial score (nSPS) is 30.2. The maximum absolute atomic E-state index is 13.4.